The van der Waals surface area contributed by atoms with Crippen molar-refractivity contribution in [2.45, 2.75) is 43.0 Å². The molecule has 0 aromatic heterocycles. The zero-order chi connectivity index (χ0) is 15.7. The molecule has 0 atom stereocenters. The molecule has 1 fully saturated rings. The molecule has 0 saturated heterocycles. The van der Waals surface area contributed by atoms with Crippen LogP contribution in [-0.2, 0) is 14.8 Å². The summed E-state index contributed by atoms with van der Waals surface area (Å²) in [6, 6.07) is 4.80. The number of carbonyl (C=O) groups is 1. The molecule has 1 aromatic carbocycles. The smallest absolute Gasteiger partial charge is 0.244 e. The zero-order valence-corrected chi connectivity index (χ0v) is 13.1. The Morgan fingerprint density at radius 3 is 2.48 bits per heavy atom. The predicted molar refractivity (Wildman–Crippen MR) is 81.4 cm³/mol. The zero-order valence-electron chi connectivity index (χ0n) is 12.3. The first-order valence-electron chi connectivity index (χ1n) is 6.93. The Labute approximate surface area is 125 Å². The highest BCUT2D eigenvalue weighted by Crippen LogP contribution is 2.29. The quantitative estimate of drug-likeness (QED) is 0.775. The van der Waals surface area contributed by atoms with Crippen LogP contribution in [0, 0.1) is 6.92 Å². The molecule has 1 amide bonds. The monoisotopic (exact) mass is 311 g/mol. The van der Waals surface area contributed by atoms with E-state index >= 15 is 0 Å². The second-order valence-electron chi connectivity index (χ2n) is 5.51. The van der Waals surface area contributed by atoms with Gasteiger partial charge in [0.1, 0.15) is 0 Å². The first kappa shape index (κ1) is 15.9. The molecule has 0 radical (unpaired) electrons. The molecule has 0 unspecified atom stereocenters. The van der Waals surface area contributed by atoms with E-state index in [0.29, 0.717) is 24.1 Å². The van der Waals surface area contributed by atoms with Crippen LogP contribution in [0.3, 0.4) is 0 Å². The number of rotatable bonds is 4. The average Bonchev–Trinajstić information content (AvgIpc) is 2.89. The van der Waals surface area contributed by atoms with Crippen molar-refractivity contribution < 1.29 is 13.2 Å². The summed E-state index contributed by atoms with van der Waals surface area (Å²) in [5, 5.41) is 2.73. The summed E-state index contributed by atoms with van der Waals surface area (Å²) in [7, 11) is -2.20. The van der Waals surface area contributed by atoms with E-state index in [1.807, 2.05) is 0 Å². The topological polar surface area (TPSA) is 101 Å². The fourth-order valence-electron chi connectivity index (χ4n) is 2.57. The van der Waals surface area contributed by atoms with Gasteiger partial charge in [-0.25, -0.2) is 13.1 Å². The van der Waals surface area contributed by atoms with Gasteiger partial charge in [0.25, 0.3) is 0 Å². The van der Waals surface area contributed by atoms with Crippen LogP contribution >= 0.6 is 0 Å². The summed E-state index contributed by atoms with van der Waals surface area (Å²) < 4.78 is 26.1. The summed E-state index contributed by atoms with van der Waals surface area (Å²) in [5.41, 5.74) is 6.30. The molecule has 7 heteroatoms. The Hall–Kier alpha value is -1.44. The third-order valence-electron chi connectivity index (χ3n) is 3.95. The molecular weight excluding hydrogens is 290 g/mol. The Morgan fingerprint density at radius 1 is 1.29 bits per heavy atom. The van der Waals surface area contributed by atoms with Gasteiger partial charge < -0.3 is 11.1 Å². The van der Waals surface area contributed by atoms with Crippen molar-refractivity contribution in [3.63, 3.8) is 0 Å². The molecule has 4 N–H and O–H groups in total. The van der Waals surface area contributed by atoms with Crippen LogP contribution in [0.1, 0.15) is 31.2 Å². The SMILES string of the molecule is CNS(=O)(=O)c1cc(NC(=O)C2(N)CCCC2)ccc1C. The first-order valence-corrected chi connectivity index (χ1v) is 8.41. The number of hydrogen-bond donors (Lipinski definition) is 3. The summed E-state index contributed by atoms with van der Waals surface area (Å²) >= 11 is 0. The molecule has 1 aliphatic carbocycles. The molecule has 0 aliphatic heterocycles. The highest BCUT2D eigenvalue weighted by molar-refractivity contribution is 7.89. The van der Waals surface area contributed by atoms with Crippen LogP contribution in [0.15, 0.2) is 23.1 Å². The molecular formula is C14H21N3O3S. The Balaban J connectivity index is 2.26. The number of amides is 1. The van der Waals surface area contributed by atoms with E-state index in [0.717, 1.165) is 12.8 Å². The highest BCUT2D eigenvalue weighted by Gasteiger charge is 2.37. The number of anilines is 1. The molecule has 1 aromatic rings. The number of carbonyl (C=O) groups excluding carboxylic acids is 1. The number of nitrogens with one attached hydrogen (secondary N) is 2. The van der Waals surface area contributed by atoms with Crippen LogP contribution in [0.2, 0.25) is 0 Å². The van der Waals surface area contributed by atoms with Gasteiger partial charge in [-0.1, -0.05) is 18.9 Å². The maximum atomic E-state index is 12.3. The lowest BCUT2D eigenvalue weighted by Gasteiger charge is -2.22. The maximum absolute atomic E-state index is 12.3. The van der Waals surface area contributed by atoms with E-state index in [1.54, 1.807) is 19.1 Å². The van der Waals surface area contributed by atoms with Crippen LogP contribution in [0.25, 0.3) is 0 Å². The molecule has 1 saturated carbocycles. The largest absolute Gasteiger partial charge is 0.324 e. The van der Waals surface area contributed by atoms with Crippen LogP contribution in [-0.4, -0.2) is 26.9 Å². The van der Waals surface area contributed by atoms with Gasteiger partial charge in [0.2, 0.25) is 15.9 Å². The van der Waals surface area contributed by atoms with Gasteiger partial charge >= 0.3 is 0 Å². The minimum atomic E-state index is -3.55. The van der Waals surface area contributed by atoms with E-state index in [4.69, 9.17) is 5.73 Å². The second kappa shape index (κ2) is 5.75. The van der Waals surface area contributed by atoms with E-state index in [9.17, 15) is 13.2 Å². The maximum Gasteiger partial charge on any atom is 0.244 e. The van der Waals surface area contributed by atoms with E-state index in [2.05, 4.69) is 10.0 Å². The van der Waals surface area contributed by atoms with Gasteiger partial charge in [-0.2, -0.15) is 0 Å². The Bertz CT molecular complexity index is 649. The van der Waals surface area contributed by atoms with E-state index < -0.39 is 15.6 Å². The van der Waals surface area contributed by atoms with Crippen molar-refractivity contribution in [2.75, 3.05) is 12.4 Å². The standard InChI is InChI=1S/C14H21N3O3S/c1-10-5-6-11(9-12(10)21(19,20)16-2)17-13(18)14(15)7-3-4-8-14/h5-6,9,16H,3-4,7-8,15H2,1-2H3,(H,17,18). The molecule has 21 heavy (non-hydrogen) atoms. The van der Waals surface area contributed by atoms with Crippen LogP contribution in [0.4, 0.5) is 5.69 Å². The summed E-state index contributed by atoms with van der Waals surface area (Å²) in [6.45, 7) is 1.71. The Kier molecular flexibility index (Phi) is 4.36. The fraction of sp³-hybridized carbons (Fsp3) is 0.500. The average molecular weight is 311 g/mol. The first-order chi connectivity index (χ1) is 9.78. The molecule has 6 nitrogen and oxygen atoms in total. The third-order valence-corrected chi connectivity index (χ3v) is 5.51. The number of sulfonamides is 1. The highest BCUT2D eigenvalue weighted by atomic mass is 32.2. The minimum absolute atomic E-state index is 0.153. The van der Waals surface area contributed by atoms with Gasteiger partial charge in [0.05, 0.1) is 10.4 Å². The predicted octanol–water partition coefficient (Wildman–Crippen LogP) is 1.11. The third kappa shape index (κ3) is 3.25. The minimum Gasteiger partial charge on any atom is -0.324 e. The van der Waals surface area contributed by atoms with Crippen LogP contribution in [0.5, 0.6) is 0 Å². The Morgan fingerprint density at radius 2 is 1.90 bits per heavy atom. The molecule has 0 heterocycles. The van der Waals surface area contributed by atoms with Crippen molar-refractivity contribution >= 4 is 21.6 Å². The second-order valence-corrected chi connectivity index (χ2v) is 7.36. The van der Waals surface area contributed by atoms with E-state index in [-0.39, 0.29) is 10.8 Å². The van der Waals surface area contributed by atoms with Gasteiger partial charge in [-0.05, 0) is 44.5 Å². The summed E-state index contributed by atoms with van der Waals surface area (Å²) in [5.74, 6) is -0.253. The van der Waals surface area contributed by atoms with Crippen molar-refractivity contribution in [2.24, 2.45) is 5.73 Å². The summed E-state index contributed by atoms with van der Waals surface area (Å²) in [6.07, 6.45) is 3.20. The number of nitrogens with two attached hydrogens (primary N) is 1. The van der Waals surface area contributed by atoms with Crippen molar-refractivity contribution in [1.29, 1.82) is 0 Å². The van der Waals surface area contributed by atoms with Crippen LogP contribution < -0.4 is 15.8 Å². The number of benzene rings is 1. The van der Waals surface area contributed by atoms with Crippen molar-refractivity contribution in [3.05, 3.63) is 23.8 Å². The molecule has 116 valence electrons. The lowest BCUT2D eigenvalue weighted by Crippen LogP contribution is -2.48. The van der Waals surface area contributed by atoms with Gasteiger partial charge in [0, 0.05) is 5.69 Å². The fourth-order valence-corrected chi connectivity index (χ4v) is 3.56. The van der Waals surface area contributed by atoms with Gasteiger partial charge in [-0.15, -0.1) is 0 Å². The molecule has 0 bridgehead atoms. The van der Waals surface area contributed by atoms with Crippen molar-refractivity contribution in [1.82, 2.24) is 4.72 Å². The van der Waals surface area contributed by atoms with Gasteiger partial charge in [0.15, 0.2) is 0 Å². The number of aryl methyl sites for hydroxylation is 1. The molecule has 1 aliphatic rings. The lowest BCUT2D eigenvalue weighted by molar-refractivity contribution is -0.121. The molecule has 2 rings (SSSR count). The van der Waals surface area contributed by atoms with Crippen molar-refractivity contribution in [3.8, 4) is 0 Å². The normalized spacial score (nSPS) is 17.7. The summed E-state index contributed by atoms with van der Waals surface area (Å²) in [4.78, 5) is 12.4. The van der Waals surface area contributed by atoms with E-state index in [1.165, 1.54) is 13.1 Å². The number of hydrogen-bond acceptors (Lipinski definition) is 4. The lowest BCUT2D eigenvalue weighted by atomic mass is 9.98. The molecule has 0 spiro atoms. The van der Waals surface area contributed by atoms with Gasteiger partial charge in [-0.3, -0.25) is 4.79 Å².